The molecule has 0 saturated heterocycles. The van der Waals surface area contributed by atoms with E-state index < -0.39 is 15.8 Å². The van der Waals surface area contributed by atoms with Crippen molar-refractivity contribution >= 4 is 16.0 Å². The summed E-state index contributed by atoms with van der Waals surface area (Å²) in [5.74, 6) is -0.737. The van der Waals surface area contributed by atoms with Gasteiger partial charge in [0.15, 0.2) is 0 Å². The molecule has 0 saturated carbocycles. The molecular formula is C10H10FN3O3S. The fourth-order valence-corrected chi connectivity index (χ4v) is 2.41. The average Bonchev–Trinajstić information content (AvgIpc) is 2.62. The van der Waals surface area contributed by atoms with Crippen LogP contribution in [0.5, 0.6) is 0 Å². The van der Waals surface area contributed by atoms with Crippen LogP contribution in [0.25, 0.3) is 0 Å². The molecule has 0 aliphatic carbocycles. The Morgan fingerprint density at radius 2 is 2.22 bits per heavy atom. The summed E-state index contributed by atoms with van der Waals surface area (Å²) in [4.78, 5) is 3.71. The smallest absolute Gasteiger partial charge is 0.277 e. The van der Waals surface area contributed by atoms with Gasteiger partial charge in [-0.1, -0.05) is 12.1 Å². The molecule has 2 aromatic rings. The van der Waals surface area contributed by atoms with Gasteiger partial charge in [-0.3, -0.25) is 0 Å². The molecule has 0 atom stereocenters. The maximum Gasteiger partial charge on any atom is 0.277 e. The van der Waals surface area contributed by atoms with Crippen molar-refractivity contribution < 1.29 is 17.3 Å². The first kappa shape index (κ1) is 12.5. The van der Waals surface area contributed by atoms with Gasteiger partial charge in [-0.15, -0.1) is 0 Å². The lowest BCUT2D eigenvalue weighted by Crippen LogP contribution is -2.16. The molecular weight excluding hydrogens is 261 g/mol. The van der Waals surface area contributed by atoms with Gasteiger partial charge in [0.05, 0.1) is 5.75 Å². The highest BCUT2D eigenvalue weighted by Gasteiger charge is 2.15. The number of aromatic nitrogens is 2. The van der Waals surface area contributed by atoms with Crippen molar-refractivity contribution in [3.05, 3.63) is 41.5 Å². The van der Waals surface area contributed by atoms with Gasteiger partial charge in [-0.2, -0.15) is 4.98 Å². The van der Waals surface area contributed by atoms with Gasteiger partial charge in [-0.25, -0.2) is 17.5 Å². The Balaban J connectivity index is 2.12. The molecule has 0 aliphatic heterocycles. The summed E-state index contributed by atoms with van der Waals surface area (Å²) < 4.78 is 43.2. The Morgan fingerprint density at radius 1 is 1.44 bits per heavy atom. The summed E-state index contributed by atoms with van der Waals surface area (Å²) in [5, 5.41) is 3.41. The summed E-state index contributed by atoms with van der Waals surface area (Å²) in [6, 6.07) is 5.36. The fraction of sp³-hybridized carbons (Fsp3) is 0.200. The van der Waals surface area contributed by atoms with Crippen LogP contribution in [0.2, 0.25) is 0 Å². The molecule has 1 N–H and O–H groups in total. The first-order valence-electron chi connectivity index (χ1n) is 5.00. The van der Waals surface area contributed by atoms with Crippen LogP contribution in [0.15, 0.2) is 28.8 Å². The van der Waals surface area contributed by atoms with Gasteiger partial charge in [0, 0.05) is 6.92 Å². The third-order valence-electron chi connectivity index (χ3n) is 2.02. The Bertz CT molecular complexity index is 654. The maximum absolute atomic E-state index is 12.9. The first-order chi connectivity index (χ1) is 8.44. The van der Waals surface area contributed by atoms with Crippen molar-refractivity contribution in [3.8, 4) is 0 Å². The second-order valence-electron chi connectivity index (χ2n) is 3.63. The highest BCUT2D eigenvalue weighted by atomic mass is 32.2. The number of aryl methyl sites for hydroxylation is 1. The van der Waals surface area contributed by atoms with Crippen LogP contribution in [-0.2, 0) is 15.8 Å². The fourth-order valence-electron chi connectivity index (χ4n) is 1.36. The van der Waals surface area contributed by atoms with E-state index >= 15 is 0 Å². The van der Waals surface area contributed by atoms with E-state index in [1.807, 2.05) is 0 Å². The highest BCUT2D eigenvalue weighted by Crippen LogP contribution is 2.11. The minimum absolute atomic E-state index is 0.135. The van der Waals surface area contributed by atoms with Crippen LogP contribution in [-0.4, -0.2) is 18.6 Å². The van der Waals surface area contributed by atoms with E-state index in [4.69, 9.17) is 0 Å². The molecule has 8 heteroatoms. The molecule has 96 valence electrons. The monoisotopic (exact) mass is 271 g/mol. The second-order valence-corrected chi connectivity index (χ2v) is 5.35. The van der Waals surface area contributed by atoms with Crippen LogP contribution in [0.1, 0.15) is 11.5 Å². The molecule has 0 spiro atoms. The third-order valence-corrected chi connectivity index (χ3v) is 3.23. The Kier molecular flexibility index (Phi) is 3.28. The van der Waals surface area contributed by atoms with E-state index in [9.17, 15) is 12.8 Å². The van der Waals surface area contributed by atoms with Gasteiger partial charge < -0.3 is 4.52 Å². The van der Waals surface area contributed by atoms with Crippen molar-refractivity contribution in [2.75, 3.05) is 4.72 Å². The molecule has 0 bridgehead atoms. The lowest BCUT2D eigenvalue weighted by molar-refractivity contribution is 0.395. The van der Waals surface area contributed by atoms with Crippen LogP contribution in [0, 0.1) is 12.7 Å². The number of nitrogens with zero attached hydrogens (tertiary/aromatic N) is 2. The van der Waals surface area contributed by atoms with Crippen molar-refractivity contribution in [3.63, 3.8) is 0 Å². The largest absolute Gasteiger partial charge is 0.338 e. The van der Waals surface area contributed by atoms with Crippen LogP contribution in [0.4, 0.5) is 10.3 Å². The minimum Gasteiger partial charge on any atom is -0.338 e. The average molecular weight is 271 g/mol. The molecule has 0 fully saturated rings. The summed E-state index contributed by atoms with van der Waals surface area (Å²) in [7, 11) is -3.69. The number of anilines is 1. The van der Waals surface area contributed by atoms with Crippen molar-refractivity contribution in [1.82, 2.24) is 10.1 Å². The number of hydrogen-bond acceptors (Lipinski definition) is 5. The summed E-state index contributed by atoms with van der Waals surface area (Å²) in [6.45, 7) is 1.54. The van der Waals surface area contributed by atoms with Gasteiger partial charge in [0.1, 0.15) is 5.82 Å². The maximum atomic E-state index is 12.9. The Morgan fingerprint density at radius 3 is 2.83 bits per heavy atom. The van der Waals surface area contributed by atoms with Crippen molar-refractivity contribution in [2.24, 2.45) is 0 Å². The molecule has 0 unspecified atom stereocenters. The molecule has 0 amide bonds. The van der Waals surface area contributed by atoms with Crippen molar-refractivity contribution in [1.29, 1.82) is 0 Å². The summed E-state index contributed by atoms with van der Waals surface area (Å²) in [6.07, 6.45) is 0. The van der Waals surface area contributed by atoms with E-state index in [-0.39, 0.29) is 17.6 Å². The highest BCUT2D eigenvalue weighted by molar-refractivity contribution is 7.91. The van der Waals surface area contributed by atoms with Gasteiger partial charge in [0.25, 0.3) is 5.95 Å². The molecule has 6 nitrogen and oxygen atoms in total. The van der Waals surface area contributed by atoms with E-state index in [1.165, 1.54) is 25.1 Å². The zero-order valence-corrected chi connectivity index (χ0v) is 10.2. The molecule has 1 aromatic carbocycles. The number of hydrogen-bond donors (Lipinski definition) is 1. The zero-order chi connectivity index (χ0) is 13.2. The number of nitrogens with one attached hydrogen (secondary N) is 1. The van der Waals surface area contributed by atoms with Gasteiger partial charge in [0.2, 0.25) is 15.9 Å². The van der Waals surface area contributed by atoms with Gasteiger partial charge in [-0.05, 0) is 22.9 Å². The number of benzene rings is 1. The molecule has 0 radical (unpaired) electrons. The van der Waals surface area contributed by atoms with Crippen LogP contribution < -0.4 is 4.72 Å². The summed E-state index contributed by atoms with van der Waals surface area (Å²) >= 11 is 0. The van der Waals surface area contributed by atoms with E-state index in [0.717, 1.165) is 6.07 Å². The Hall–Kier alpha value is -1.96. The Labute approximate surface area is 103 Å². The normalized spacial score (nSPS) is 11.4. The summed E-state index contributed by atoms with van der Waals surface area (Å²) in [5.41, 5.74) is 0.336. The van der Waals surface area contributed by atoms with E-state index in [1.54, 1.807) is 0 Å². The van der Waals surface area contributed by atoms with Crippen molar-refractivity contribution in [2.45, 2.75) is 12.7 Å². The minimum atomic E-state index is -3.69. The predicted octanol–water partition coefficient (Wildman–Crippen LogP) is 1.46. The first-order valence-corrected chi connectivity index (χ1v) is 6.65. The lowest BCUT2D eigenvalue weighted by atomic mass is 10.2. The number of halogens is 1. The SMILES string of the molecule is Cc1nc(NS(=O)(=O)Cc2cccc(F)c2)no1. The molecule has 1 aromatic heterocycles. The number of sulfonamides is 1. The molecule has 18 heavy (non-hydrogen) atoms. The zero-order valence-electron chi connectivity index (χ0n) is 9.42. The molecule has 1 heterocycles. The predicted molar refractivity (Wildman–Crippen MR) is 61.7 cm³/mol. The lowest BCUT2D eigenvalue weighted by Gasteiger charge is -2.04. The quantitative estimate of drug-likeness (QED) is 0.909. The van der Waals surface area contributed by atoms with Crippen LogP contribution >= 0.6 is 0 Å². The van der Waals surface area contributed by atoms with E-state index in [2.05, 4.69) is 19.4 Å². The second kappa shape index (κ2) is 4.73. The van der Waals surface area contributed by atoms with Gasteiger partial charge >= 0.3 is 0 Å². The third kappa shape index (κ3) is 3.27. The standard InChI is InChI=1S/C10H10FN3O3S/c1-7-12-10(13-17-7)14-18(15,16)6-8-3-2-4-9(11)5-8/h2-5H,6H2,1H3,(H,13,14). The van der Waals surface area contributed by atoms with Crippen LogP contribution in [0.3, 0.4) is 0 Å². The topological polar surface area (TPSA) is 85.1 Å². The van der Waals surface area contributed by atoms with E-state index in [0.29, 0.717) is 5.56 Å². The molecule has 0 aliphatic rings. The number of rotatable bonds is 4. The molecule has 2 rings (SSSR count).